The summed E-state index contributed by atoms with van der Waals surface area (Å²) in [5.41, 5.74) is -1.56. The lowest BCUT2D eigenvalue weighted by molar-refractivity contribution is -0.143. The molecule has 0 spiro atoms. The Morgan fingerprint density at radius 2 is 1.46 bits per heavy atom. The van der Waals surface area contributed by atoms with Gasteiger partial charge in [0.15, 0.2) is 0 Å². The Balaban J connectivity index is 1.45. The van der Waals surface area contributed by atoms with Crippen molar-refractivity contribution >= 4 is 33.5 Å². The molecule has 5 nitrogen and oxygen atoms in total. The molecule has 0 aliphatic rings. The lowest BCUT2D eigenvalue weighted by Gasteiger charge is -2.27. The second kappa shape index (κ2) is 12.7. The Bertz CT molecular complexity index is 1890. The molecule has 0 bridgehead atoms. The third kappa shape index (κ3) is 7.09. The Morgan fingerprint density at radius 3 is 2.13 bits per heavy atom. The minimum atomic E-state index is -5.11. The first kappa shape index (κ1) is 32.3. The number of aromatic nitrogens is 1. The highest BCUT2D eigenvalue weighted by atomic mass is 19.4. The number of benzene rings is 4. The first-order valence-corrected chi connectivity index (χ1v) is 14.3. The largest absolute Gasteiger partial charge is 0.416 e. The number of para-hydroxylation sites is 1. The third-order valence-corrected chi connectivity index (χ3v) is 7.87. The van der Waals surface area contributed by atoms with Gasteiger partial charge in [0, 0.05) is 35.8 Å². The van der Waals surface area contributed by atoms with Gasteiger partial charge in [-0.15, -0.1) is 0 Å². The number of halogens is 6. The molecule has 4 aromatic carbocycles. The summed E-state index contributed by atoms with van der Waals surface area (Å²) in [7, 11) is 1.27. The molecule has 0 fully saturated rings. The van der Waals surface area contributed by atoms with Crippen molar-refractivity contribution in [2.24, 2.45) is 0 Å². The number of alkyl halides is 6. The van der Waals surface area contributed by atoms with Crippen LogP contribution in [0.1, 0.15) is 45.6 Å². The van der Waals surface area contributed by atoms with Crippen molar-refractivity contribution in [3.05, 3.63) is 131 Å². The van der Waals surface area contributed by atoms with Crippen molar-refractivity contribution < 1.29 is 35.9 Å². The van der Waals surface area contributed by atoms with Crippen LogP contribution in [0.15, 0.2) is 103 Å². The molecule has 2 amide bonds. The fourth-order valence-electron chi connectivity index (χ4n) is 5.46. The molecular formula is C35H29F6N3O2. The van der Waals surface area contributed by atoms with Gasteiger partial charge in [-0.3, -0.25) is 9.59 Å². The maximum Gasteiger partial charge on any atom is 0.416 e. The molecule has 11 heteroatoms. The van der Waals surface area contributed by atoms with E-state index in [1.807, 2.05) is 73.7 Å². The number of nitrogens with one attached hydrogen (secondary N) is 2. The molecule has 2 N–H and O–H groups in total. The molecule has 238 valence electrons. The van der Waals surface area contributed by atoms with Crippen LogP contribution in [0.25, 0.3) is 21.7 Å². The van der Waals surface area contributed by atoms with Crippen molar-refractivity contribution in [1.29, 1.82) is 0 Å². The van der Waals surface area contributed by atoms with Crippen LogP contribution in [0.2, 0.25) is 0 Å². The predicted octanol–water partition coefficient (Wildman–Crippen LogP) is 8.48. The average molecular weight is 638 g/mol. The topological polar surface area (TPSA) is 65.2 Å². The molecule has 0 aliphatic carbocycles. The monoisotopic (exact) mass is 637 g/mol. The molecule has 0 saturated carbocycles. The highest BCUT2D eigenvalue weighted by molar-refractivity contribution is 5.95. The quantitative estimate of drug-likeness (QED) is 0.132. The molecule has 46 heavy (non-hydrogen) atoms. The van der Waals surface area contributed by atoms with Crippen molar-refractivity contribution in [3.63, 3.8) is 0 Å². The summed E-state index contributed by atoms with van der Waals surface area (Å²) in [6, 6.07) is 20.2. The lowest BCUT2D eigenvalue weighted by Crippen LogP contribution is -2.38. The van der Waals surface area contributed by atoms with E-state index in [0.29, 0.717) is 12.1 Å². The highest BCUT2D eigenvalue weighted by Crippen LogP contribution is 2.37. The Hall–Kier alpha value is -5.06. The molecule has 1 aromatic heterocycles. The summed E-state index contributed by atoms with van der Waals surface area (Å²) < 4.78 is 81.2. The highest BCUT2D eigenvalue weighted by Gasteiger charge is 2.38. The molecule has 0 aliphatic heterocycles. The molecule has 2 atom stereocenters. The number of hydrogen-bond donors (Lipinski definition) is 2. The van der Waals surface area contributed by atoms with Gasteiger partial charge < -0.3 is 15.2 Å². The van der Waals surface area contributed by atoms with Crippen LogP contribution in [0, 0.1) is 0 Å². The lowest BCUT2D eigenvalue weighted by atomic mass is 9.99. The van der Waals surface area contributed by atoms with Crippen LogP contribution in [-0.2, 0) is 23.6 Å². The summed E-state index contributed by atoms with van der Waals surface area (Å²) in [6.07, 6.45) is -5.77. The van der Waals surface area contributed by atoms with Gasteiger partial charge in [-0.05, 0) is 59.5 Å². The Morgan fingerprint density at radius 1 is 0.848 bits per heavy atom. The van der Waals surface area contributed by atoms with Gasteiger partial charge in [0.05, 0.1) is 23.2 Å². The Labute approximate surface area is 260 Å². The molecule has 0 saturated heterocycles. The zero-order valence-electron chi connectivity index (χ0n) is 24.7. The molecule has 1 heterocycles. The fraction of sp³-hybridized carbons (Fsp3) is 0.200. The maximum absolute atomic E-state index is 13.5. The van der Waals surface area contributed by atoms with Crippen LogP contribution in [0.5, 0.6) is 0 Å². The minimum Gasteiger partial charge on any atom is -0.361 e. The van der Waals surface area contributed by atoms with Crippen LogP contribution in [0.3, 0.4) is 0 Å². The van der Waals surface area contributed by atoms with Gasteiger partial charge in [-0.2, -0.15) is 26.3 Å². The van der Waals surface area contributed by atoms with Crippen LogP contribution in [-0.4, -0.2) is 34.8 Å². The number of H-pyrrole nitrogens is 1. The zero-order valence-corrected chi connectivity index (χ0v) is 24.7. The summed E-state index contributed by atoms with van der Waals surface area (Å²) in [6.45, 7) is 1.82. The number of carbonyl (C=O) groups excluding carboxylic acids is 2. The van der Waals surface area contributed by atoms with Gasteiger partial charge in [0.2, 0.25) is 5.91 Å². The SMILES string of the molecule is CC(NC(=O)C=CC(Cc1c[nH]c2ccccc12)N(C)C(=O)c1cc(C(F)(F)F)cc(C(F)(F)F)c1)c1cccc2ccccc12. The zero-order chi connectivity index (χ0) is 33.2. The van der Waals surface area contributed by atoms with Crippen LogP contribution in [0.4, 0.5) is 26.3 Å². The van der Waals surface area contributed by atoms with Crippen LogP contribution >= 0.6 is 0 Å². The third-order valence-electron chi connectivity index (χ3n) is 7.87. The van der Waals surface area contributed by atoms with E-state index in [4.69, 9.17) is 0 Å². The number of nitrogens with zero attached hydrogens (tertiary/aromatic N) is 1. The second-order valence-electron chi connectivity index (χ2n) is 11.0. The smallest absolute Gasteiger partial charge is 0.361 e. The Kier molecular flexibility index (Phi) is 8.96. The van der Waals surface area contributed by atoms with E-state index < -0.39 is 52.9 Å². The van der Waals surface area contributed by atoms with Crippen molar-refractivity contribution in [2.45, 2.75) is 37.8 Å². The van der Waals surface area contributed by atoms with E-state index in [0.717, 1.165) is 37.7 Å². The van der Waals surface area contributed by atoms with Gasteiger partial charge in [0.1, 0.15) is 0 Å². The summed E-state index contributed by atoms with van der Waals surface area (Å²) in [4.78, 5) is 30.8. The summed E-state index contributed by atoms with van der Waals surface area (Å²) in [5.74, 6) is -1.57. The van der Waals surface area contributed by atoms with Crippen molar-refractivity contribution in [3.8, 4) is 0 Å². The normalized spacial score (nSPS) is 13.7. The van der Waals surface area contributed by atoms with Crippen LogP contribution < -0.4 is 5.32 Å². The molecular weight excluding hydrogens is 608 g/mol. The second-order valence-corrected chi connectivity index (χ2v) is 11.0. The van der Waals surface area contributed by atoms with E-state index >= 15 is 0 Å². The van der Waals surface area contributed by atoms with E-state index in [2.05, 4.69) is 10.3 Å². The molecule has 0 radical (unpaired) electrons. The maximum atomic E-state index is 13.5. The van der Waals surface area contributed by atoms with Gasteiger partial charge >= 0.3 is 12.4 Å². The summed E-state index contributed by atoms with van der Waals surface area (Å²) in [5, 5.41) is 5.67. The fourth-order valence-corrected chi connectivity index (χ4v) is 5.46. The number of likely N-dealkylation sites (N-methyl/N-ethyl adjacent to an activating group) is 1. The first-order chi connectivity index (χ1) is 21.7. The number of aromatic amines is 1. The van der Waals surface area contributed by atoms with Crippen molar-refractivity contribution in [1.82, 2.24) is 15.2 Å². The van der Waals surface area contributed by atoms with Gasteiger partial charge in [-0.1, -0.05) is 66.7 Å². The number of hydrogen-bond acceptors (Lipinski definition) is 2. The predicted molar refractivity (Wildman–Crippen MR) is 164 cm³/mol. The van der Waals surface area contributed by atoms with Gasteiger partial charge in [0.25, 0.3) is 5.91 Å². The minimum absolute atomic E-state index is 0.0262. The molecule has 2 unspecified atom stereocenters. The first-order valence-electron chi connectivity index (χ1n) is 14.3. The standard InChI is InChI=1S/C35H29F6N3O2/c1-21(28-12-7-9-22-8-3-4-10-29(22)28)43-32(45)15-14-27(18-24-20-42-31-13-6-5-11-30(24)31)44(2)33(46)23-16-25(34(36,37)38)19-26(17-23)35(39,40)41/h3-17,19-21,27,42H,18H2,1-2H3,(H,43,45). The van der Waals surface area contributed by atoms with E-state index in [-0.39, 0.29) is 12.5 Å². The summed E-state index contributed by atoms with van der Waals surface area (Å²) >= 11 is 0. The van der Waals surface area contributed by atoms with E-state index in [1.54, 1.807) is 6.20 Å². The molecule has 5 rings (SSSR count). The number of carbonyl (C=O) groups is 2. The van der Waals surface area contributed by atoms with Crippen molar-refractivity contribution in [2.75, 3.05) is 7.05 Å². The van der Waals surface area contributed by atoms with E-state index in [9.17, 15) is 35.9 Å². The number of amides is 2. The average Bonchev–Trinajstić information content (AvgIpc) is 3.43. The number of rotatable bonds is 8. The number of fused-ring (bicyclic) bond motifs is 2. The molecule has 5 aromatic rings. The van der Waals surface area contributed by atoms with E-state index in [1.165, 1.54) is 19.2 Å². The van der Waals surface area contributed by atoms with Gasteiger partial charge in [-0.25, -0.2) is 0 Å².